The molecular weight excluding hydrogens is 355 g/mol. The molecule has 3 rings (SSSR count). The number of rotatable bonds is 3. The van der Waals surface area contributed by atoms with Gasteiger partial charge < -0.3 is 10.2 Å². The standard InChI is InChI=1S/C17H15Cl3N2O/c18-11-3-5-13(14(20)9-11)17(23)21-15-10-12(19)4-6-16(15)22-7-1-2-8-22/h3-6,9-10H,1-2,7-8H2,(H,21,23). The summed E-state index contributed by atoms with van der Waals surface area (Å²) in [5, 5.41) is 4.30. The highest BCUT2D eigenvalue weighted by molar-refractivity contribution is 6.37. The fraction of sp³-hybridized carbons (Fsp3) is 0.235. The van der Waals surface area contributed by atoms with Crippen molar-refractivity contribution in [2.75, 3.05) is 23.3 Å². The van der Waals surface area contributed by atoms with Gasteiger partial charge in [0.25, 0.3) is 5.91 Å². The highest BCUT2D eigenvalue weighted by Gasteiger charge is 2.18. The summed E-state index contributed by atoms with van der Waals surface area (Å²) in [6.45, 7) is 1.96. The average molecular weight is 370 g/mol. The summed E-state index contributed by atoms with van der Waals surface area (Å²) in [6, 6.07) is 10.3. The van der Waals surface area contributed by atoms with E-state index in [4.69, 9.17) is 34.8 Å². The molecule has 1 aliphatic rings. The first-order chi connectivity index (χ1) is 11.0. The van der Waals surface area contributed by atoms with Crippen molar-refractivity contribution < 1.29 is 4.79 Å². The normalized spacial score (nSPS) is 14.1. The molecule has 1 saturated heterocycles. The number of hydrogen-bond acceptors (Lipinski definition) is 2. The Morgan fingerprint density at radius 1 is 0.957 bits per heavy atom. The Bertz CT molecular complexity index is 743. The SMILES string of the molecule is O=C(Nc1cc(Cl)ccc1N1CCCC1)c1ccc(Cl)cc1Cl. The highest BCUT2D eigenvalue weighted by atomic mass is 35.5. The van der Waals surface area contributed by atoms with Gasteiger partial charge in [-0.1, -0.05) is 34.8 Å². The molecule has 120 valence electrons. The van der Waals surface area contributed by atoms with Crippen LogP contribution in [0.1, 0.15) is 23.2 Å². The second-order valence-electron chi connectivity index (χ2n) is 5.43. The van der Waals surface area contributed by atoms with E-state index in [-0.39, 0.29) is 5.91 Å². The van der Waals surface area contributed by atoms with Crippen LogP contribution in [0.25, 0.3) is 0 Å². The molecule has 0 radical (unpaired) electrons. The molecule has 0 saturated carbocycles. The average Bonchev–Trinajstić information content (AvgIpc) is 3.01. The molecule has 2 aromatic carbocycles. The van der Waals surface area contributed by atoms with Crippen molar-refractivity contribution >= 4 is 52.1 Å². The van der Waals surface area contributed by atoms with E-state index in [2.05, 4.69) is 10.2 Å². The summed E-state index contributed by atoms with van der Waals surface area (Å²) < 4.78 is 0. The lowest BCUT2D eigenvalue weighted by Crippen LogP contribution is -2.21. The third-order valence-corrected chi connectivity index (χ3v) is 4.61. The van der Waals surface area contributed by atoms with Crippen molar-refractivity contribution in [2.45, 2.75) is 12.8 Å². The molecule has 1 amide bonds. The minimum atomic E-state index is -0.283. The van der Waals surface area contributed by atoms with Gasteiger partial charge in [-0.25, -0.2) is 0 Å². The molecule has 1 fully saturated rings. The maximum Gasteiger partial charge on any atom is 0.257 e. The first-order valence-electron chi connectivity index (χ1n) is 7.35. The number of amides is 1. The van der Waals surface area contributed by atoms with E-state index in [9.17, 15) is 4.79 Å². The van der Waals surface area contributed by atoms with Crippen LogP contribution < -0.4 is 10.2 Å². The lowest BCUT2D eigenvalue weighted by atomic mass is 10.2. The molecule has 1 aliphatic heterocycles. The van der Waals surface area contributed by atoms with Gasteiger partial charge >= 0.3 is 0 Å². The van der Waals surface area contributed by atoms with Crippen molar-refractivity contribution in [1.82, 2.24) is 0 Å². The Balaban J connectivity index is 1.89. The second-order valence-corrected chi connectivity index (χ2v) is 6.71. The van der Waals surface area contributed by atoms with Crippen molar-refractivity contribution in [3.05, 3.63) is 57.0 Å². The zero-order valence-corrected chi connectivity index (χ0v) is 14.5. The molecular formula is C17H15Cl3N2O. The third kappa shape index (κ3) is 3.74. The summed E-state index contributed by atoms with van der Waals surface area (Å²) in [7, 11) is 0. The number of nitrogens with zero attached hydrogens (tertiary/aromatic N) is 1. The van der Waals surface area contributed by atoms with Crippen molar-refractivity contribution in [3.8, 4) is 0 Å². The summed E-state index contributed by atoms with van der Waals surface area (Å²) in [6.07, 6.45) is 2.30. The summed E-state index contributed by atoms with van der Waals surface area (Å²) in [4.78, 5) is 14.8. The van der Waals surface area contributed by atoms with E-state index < -0.39 is 0 Å². The Labute approximate surface area is 150 Å². The quantitative estimate of drug-likeness (QED) is 0.775. The van der Waals surface area contributed by atoms with Crippen LogP contribution in [0.4, 0.5) is 11.4 Å². The van der Waals surface area contributed by atoms with E-state index in [1.807, 2.05) is 12.1 Å². The van der Waals surface area contributed by atoms with E-state index in [0.717, 1.165) is 31.6 Å². The Hall–Kier alpha value is -1.42. The predicted octanol–water partition coefficient (Wildman–Crippen LogP) is 5.50. The van der Waals surface area contributed by atoms with E-state index in [1.165, 1.54) is 0 Å². The number of anilines is 2. The number of hydrogen-bond donors (Lipinski definition) is 1. The number of nitrogens with one attached hydrogen (secondary N) is 1. The number of carbonyl (C=O) groups is 1. The molecule has 0 spiro atoms. The lowest BCUT2D eigenvalue weighted by molar-refractivity contribution is 0.102. The summed E-state index contributed by atoms with van der Waals surface area (Å²) >= 11 is 18.1. The Morgan fingerprint density at radius 3 is 2.30 bits per heavy atom. The van der Waals surface area contributed by atoms with Crippen LogP contribution in [-0.2, 0) is 0 Å². The predicted molar refractivity (Wildman–Crippen MR) is 97.3 cm³/mol. The van der Waals surface area contributed by atoms with Gasteiger partial charge in [-0.3, -0.25) is 4.79 Å². The fourth-order valence-corrected chi connectivity index (χ4v) is 3.37. The summed E-state index contributed by atoms with van der Waals surface area (Å²) in [5.41, 5.74) is 2.05. The van der Waals surface area contributed by atoms with Gasteiger partial charge in [-0.05, 0) is 49.2 Å². The smallest absolute Gasteiger partial charge is 0.257 e. The zero-order chi connectivity index (χ0) is 16.4. The van der Waals surface area contributed by atoms with E-state index >= 15 is 0 Å². The molecule has 1 heterocycles. The van der Waals surface area contributed by atoms with Crippen LogP contribution >= 0.6 is 34.8 Å². The number of carbonyl (C=O) groups excluding carboxylic acids is 1. The van der Waals surface area contributed by atoms with Crippen LogP contribution in [0.5, 0.6) is 0 Å². The lowest BCUT2D eigenvalue weighted by Gasteiger charge is -2.22. The monoisotopic (exact) mass is 368 g/mol. The van der Waals surface area contributed by atoms with Gasteiger partial charge in [0.1, 0.15) is 0 Å². The van der Waals surface area contributed by atoms with Gasteiger partial charge in [0.2, 0.25) is 0 Å². The third-order valence-electron chi connectivity index (χ3n) is 3.83. The van der Waals surface area contributed by atoms with Gasteiger partial charge in [-0.2, -0.15) is 0 Å². The van der Waals surface area contributed by atoms with Crippen LogP contribution in [0.3, 0.4) is 0 Å². The number of benzene rings is 2. The molecule has 0 atom stereocenters. The highest BCUT2D eigenvalue weighted by Crippen LogP contribution is 2.32. The maximum absolute atomic E-state index is 12.5. The zero-order valence-electron chi connectivity index (χ0n) is 12.3. The molecule has 6 heteroatoms. The van der Waals surface area contributed by atoms with E-state index in [1.54, 1.807) is 24.3 Å². The van der Waals surface area contributed by atoms with Crippen LogP contribution in [0.2, 0.25) is 15.1 Å². The largest absolute Gasteiger partial charge is 0.370 e. The molecule has 0 aromatic heterocycles. The summed E-state index contributed by atoms with van der Waals surface area (Å²) in [5.74, 6) is -0.283. The Morgan fingerprint density at radius 2 is 1.61 bits per heavy atom. The molecule has 0 bridgehead atoms. The van der Waals surface area contributed by atoms with Gasteiger partial charge in [-0.15, -0.1) is 0 Å². The molecule has 0 unspecified atom stereocenters. The van der Waals surface area contributed by atoms with Gasteiger partial charge in [0.15, 0.2) is 0 Å². The first-order valence-corrected chi connectivity index (χ1v) is 8.49. The molecule has 23 heavy (non-hydrogen) atoms. The second kappa shape index (κ2) is 7.00. The molecule has 3 nitrogen and oxygen atoms in total. The van der Waals surface area contributed by atoms with Gasteiger partial charge in [0.05, 0.1) is 22.0 Å². The molecule has 0 aliphatic carbocycles. The Kier molecular flexibility index (Phi) is 5.00. The van der Waals surface area contributed by atoms with Crippen molar-refractivity contribution in [2.24, 2.45) is 0 Å². The van der Waals surface area contributed by atoms with E-state index in [0.29, 0.717) is 26.3 Å². The minimum Gasteiger partial charge on any atom is -0.370 e. The number of halogens is 3. The van der Waals surface area contributed by atoms with Crippen LogP contribution in [0.15, 0.2) is 36.4 Å². The van der Waals surface area contributed by atoms with Crippen LogP contribution in [0, 0.1) is 0 Å². The van der Waals surface area contributed by atoms with Crippen molar-refractivity contribution in [3.63, 3.8) is 0 Å². The minimum absolute atomic E-state index is 0.283. The molecule has 1 N–H and O–H groups in total. The fourth-order valence-electron chi connectivity index (χ4n) is 2.71. The van der Waals surface area contributed by atoms with Crippen molar-refractivity contribution in [1.29, 1.82) is 0 Å². The topological polar surface area (TPSA) is 32.3 Å². The van der Waals surface area contributed by atoms with Crippen LogP contribution in [-0.4, -0.2) is 19.0 Å². The van der Waals surface area contributed by atoms with Gasteiger partial charge in [0, 0.05) is 23.1 Å². The molecule has 2 aromatic rings. The maximum atomic E-state index is 12.5. The first kappa shape index (κ1) is 16.4.